The lowest BCUT2D eigenvalue weighted by Gasteiger charge is -2.28. The second-order valence-corrected chi connectivity index (χ2v) is 8.18. The van der Waals surface area contributed by atoms with Crippen LogP contribution in [0.3, 0.4) is 0 Å². The SMILES string of the molecule is Fc1ccc(-c2nc3nc(N4CCNCC4)ccc3n2-c2ccnc(NC3CC3)n2)cc1. The number of rotatable bonds is 5. The Kier molecular flexibility index (Phi) is 4.68. The fraction of sp³-hybridized carbons (Fsp3) is 0.304. The van der Waals surface area contributed by atoms with E-state index in [1.54, 1.807) is 18.3 Å². The van der Waals surface area contributed by atoms with Crippen molar-refractivity contribution in [3.8, 4) is 17.2 Å². The molecular formula is C23H23FN8. The summed E-state index contributed by atoms with van der Waals surface area (Å²) in [5, 5.41) is 6.72. The summed E-state index contributed by atoms with van der Waals surface area (Å²) in [7, 11) is 0. The molecule has 6 rings (SSSR count). The highest BCUT2D eigenvalue weighted by atomic mass is 19.1. The van der Waals surface area contributed by atoms with Gasteiger partial charge in [0.1, 0.15) is 23.3 Å². The van der Waals surface area contributed by atoms with Crippen LogP contribution in [0.4, 0.5) is 16.2 Å². The van der Waals surface area contributed by atoms with E-state index in [9.17, 15) is 4.39 Å². The Morgan fingerprint density at radius 2 is 1.72 bits per heavy atom. The predicted molar refractivity (Wildman–Crippen MR) is 122 cm³/mol. The summed E-state index contributed by atoms with van der Waals surface area (Å²) in [5.74, 6) is 2.59. The van der Waals surface area contributed by atoms with Gasteiger partial charge < -0.3 is 15.5 Å². The summed E-state index contributed by atoms with van der Waals surface area (Å²) < 4.78 is 15.6. The van der Waals surface area contributed by atoms with Gasteiger partial charge in [-0.25, -0.2) is 19.3 Å². The van der Waals surface area contributed by atoms with E-state index in [4.69, 9.17) is 15.0 Å². The molecule has 1 saturated heterocycles. The molecule has 1 saturated carbocycles. The Morgan fingerprint density at radius 1 is 0.906 bits per heavy atom. The fourth-order valence-corrected chi connectivity index (χ4v) is 4.00. The molecule has 0 radical (unpaired) electrons. The molecule has 2 fully saturated rings. The zero-order valence-electron chi connectivity index (χ0n) is 17.5. The number of anilines is 2. The number of benzene rings is 1. The smallest absolute Gasteiger partial charge is 0.224 e. The lowest BCUT2D eigenvalue weighted by atomic mass is 10.2. The molecule has 1 aliphatic carbocycles. The van der Waals surface area contributed by atoms with Gasteiger partial charge >= 0.3 is 0 Å². The number of aromatic nitrogens is 5. The van der Waals surface area contributed by atoms with Crippen LogP contribution >= 0.6 is 0 Å². The minimum Gasteiger partial charge on any atom is -0.354 e. The number of nitrogens with zero attached hydrogens (tertiary/aromatic N) is 6. The van der Waals surface area contributed by atoms with Crippen LogP contribution in [0.1, 0.15) is 12.8 Å². The van der Waals surface area contributed by atoms with Crippen molar-refractivity contribution in [3.63, 3.8) is 0 Å². The molecule has 0 spiro atoms. The number of imidazole rings is 1. The zero-order chi connectivity index (χ0) is 21.5. The summed E-state index contributed by atoms with van der Waals surface area (Å²) in [6.07, 6.45) is 4.03. The molecule has 2 N–H and O–H groups in total. The predicted octanol–water partition coefficient (Wildman–Crippen LogP) is 3.00. The number of hydrogen-bond acceptors (Lipinski definition) is 7. The van der Waals surface area contributed by atoms with Crippen molar-refractivity contribution in [1.82, 2.24) is 29.8 Å². The first kappa shape index (κ1) is 19.1. The molecule has 3 aromatic heterocycles. The Labute approximate surface area is 184 Å². The van der Waals surface area contributed by atoms with Gasteiger partial charge in [0.25, 0.3) is 0 Å². The van der Waals surface area contributed by atoms with E-state index >= 15 is 0 Å². The Hall–Kier alpha value is -3.59. The molecule has 32 heavy (non-hydrogen) atoms. The monoisotopic (exact) mass is 430 g/mol. The van der Waals surface area contributed by atoms with Gasteiger partial charge in [0.05, 0.1) is 5.52 Å². The summed E-state index contributed by atoms with van der Waals surface area (Å²) in [5.41, 5.74) is 2.28. The third-order valence-electron chi connectivity index (χ3n) is 5.83. The minimum absolute atomic E-state index is 0.284. The minimum atomic E-state index is -0.284. The lowest BCUT2D eigenvalue weighted by Crippen LogP contribution is -2.43. The third kappa shape index (κ3) is 3.64. The van der Waals surface area contributed by atoms with Crippen LogP contribution in [0.15, 0.2) is 48.7 Å². The normalized spacial score (nSPS) is 16.5. The van der Waals surface area contributed by atoms with Crippen LogP contribution in [-0.4, -0.2) is 56.7 Å². The summed E-state index contributed by atoms with van der Waals surface area (Å²) >= 11 is 0. The van der Waals surface area contributed by atoms with Gasteiger partial charge in [-0.2, -0.15) is 4.98 Å². The average Bonchev–Trinajstić information content (AvgIpc) is 3.56. The standard InChI is InChI=1S/C23H23FN8/c24-16-3-1-15(2-4-16)22-30-21-18(7-8-19(28-21)31-13-11-25-12-14-31)32(22)20-9-10-26-23(29-20)27-17-5-6-17/h1-4,7-10,17,25H,5-6,11-14H2,(H,26,27,29). The first-order chi connectivity index (χ1) is 15.7. The second kappa shape index (κ2) is 7.83. The van der Waals surface area contributed by atoms with Gasteiger partial charge in [-0.05, 0) is 55.3 Å². The van der Waals surface area contributed by atoms with Crippen molar-refractivity contribution in [1.29, 1.82) is 0 Å². The summed E-state index contributed by atoms with van der Waals surface area (Å²) in [6, 6.07) is 12.7. The Morgan fingerprint density at radius 3 is 2.50 bits per heavy atom. The largest absolute Gasteiger partial charge is 0.354 e. The molecule has 4 heterocycles. The summed E-state index contributed by atoms with van der Waals surface area (Å²) in [6.45, 7) is 3.69. The topological polar surface area (TPSA) is 83.8 Å². The van der Waals surface area contributed by atoms with Crippen LogP contribution < -0.4 is 15.5 Å². The van der Waals surface area contributed by atoms with Crippen molar-refractivity contribution < 1.29 is 4.39 Å². The van der Waals surface area contributed by atoms with Gasteiger partial charge in [-0.1, -0.05) is 0 Å². The lowest BCUT2D eigenvalue weighted by molar-refractivity contribution is 0.585. The quantitative estimate of drug-likeness (QED) is 0.504. The maximum atomic E-state index is 13.6. The first-order valence-corrected chi connectivity index (χ1v) is 11.0. The molecule has 9 heteroatoms. The molecule has 4 aromatic rings. The maximum absolute atomic E-state index is 13.6. The van der Waals surface area contributed by atoms with Crippen LogP contribution in [-0.2, 0) is 0 Å². The van der Waals surface area contributed by atoms with Gasteiger partial charge in [-0.15, -0.1) is 0 Å². The van der Waals surface area contributed by atoms with E-state index in [0.29, 0.717) is 29.3 Å². The van der Waals surface area contributed by atoms with Gasteiger partial charge in [-0.3, -0.25) is 4.57 Å². The maximum Gasteiger partial charge on any atom is 0.224 e. The number of halogens is 1. The Bertz CT molecular complexity index is 1260. The molecule has 0 unspecified atom stereocenters. The van der Waals surface area contributed by atoms with Crippen LogP contribution in [0, 0.1) is 5.82 Å². The van der Waals surface area contributed by atoms with Crippen molar-refractivity contribution in [2.24, 2.45) is 0 Å². The first-order valence-electron chi connectivity index (χ1n) is 11.0. The van der Waals surface area contributed by atoms with Gasteiger partial charge in [0, 0.05) is 44.0 Å². The van der Waals surface area contributed by atoms with Gasteiger partial charge in [0.15, 0.2) is 5.65 Å². The van der Waals surface area contributed by atoms with Crippen LogP contribution in [0.25, 0.3) is 28.4 Å². The molecule has 1 aromatic carbocycles. The van der Waals surface area contributed by atoms with Crippen molar-refractivity contribution in [2.45, 2.75) is 18.9 Å². The third-order valence-corrected chi connectivity index (χ3v) is 5.83. The molecule has 1 aliphatic heterocycles. The molecule has 0 bridgehead atoms. The van der Waals surface area contributed by atoms with Crippen molar-refractivity contribution in [3.05, 3.63) is 54.5 Å². The second-order valence-electron chi connectivity index (χ2n) is 8.18. The zero-order valence-corrected chi connectivity index (χ0v) is 17.5. The summed E-state index contributed by atoms with van der Waals surface area (Å²) in [4.78, 5) is 21.1. The fourth-order valence-electron chi connectivity index (χ4n) is 4.00. The van der Waals surface area contributed by atoms with Crippen molar-refractivity contribution in [2.75, 3.05) is 36.4 Å². The van der Waals surface area contributed by atoms with Gasteiger partial charge in [0.2, 0.25) is 5.95 Å². The molecule has 162 valence electrons. The molecule has 8 nitrogen and oxygen atoms in total. The van der Waals surface area contributed by atoms with E-state index in [1.165, 1.54) is 12.1 Å². The molecule has 0 atom stereocenters. The van der Waals surface area contributed by atoms with E-state index in [0.717, 1.165) is 55.9 Å². The van der Waals surface area contributed by atoms with Crippen molar-refractivity contribution >= 4 is 22.9 Å². The van der Waals surface area contributed by atoms with E-state index in [2.05, 4.69) is 20.5 Å². The van der Waals surface area contributed by atoms with E-state index in [1.807, 2.05) is 22.8 Å². The number of fused-ring (bicyclic) bond motifs is 1. The molecule has 2 aliphatic rings. The highest BCUT2D eigenvalue weighted by Gasteiger charge is 2.23. The molecule has 0 amide bonds. The molecular weight excluding hydrogens is 407 g/mol. The van der Waals surface area contributed by atoms with E-state index in [-0.39, 0.29) is 5.82 Å². The number of piperazine rings is 1. The highest BCUT2D eigenvalue weighted by Crippen LogP contribution is 2.30. The van der Waals surface area contributed by atoms with Crippen LogP contribution in [0.2, 0.25) is 0 Å². The van der Waals surface area contributed by atoms with E-state index < -0.39 is 0 Å². The number of nitrogens with one attached hydrogen (secondary N) is 2. The number of pyridine rings is 1. The van der Waals surface area contributed by atoms with Crippen LogP contribution in [0.5, 0.6) is 0 Å². The highest BCUT2D eigenvalue weighted by molar-refractivity contribution is 5.81. The number of hydrogen-bond donors (Lipinski definition) is 2. The Balaban J connectivity index is 1.49. The average molecular weight is 430 g/mol.